The number of benzene rings is 2. The van der Waals surface area contributed by atoms with E-state index in [-0.39, 0.29) is 6.04 Å². The smallest absolute Gasteiger partial charge is 0.122 e. The van der Waals surface area contributed by atoms with Gasteiger partial charge in [-0.05, 0) is 55.3 Å². The van der Waals surface area contributed by atoms with Crippen molar-refractivity contribution in [3.63, 3.8) is 0 Å². The van der Waals surface area contributed by atoms with Crippen LogP contribution in [0.15, 0.2) is 46.9 Å². The van der Waals surface area contributed by atoms with E-state index in [1.54, 1.807) is 0 Å². The van der Waals surface area contributed by atoms with Crippen LogP contribution in [-0.2, 0) is 0 Å². The minimum absolute atomic E-state index is 0.0403. The second-order valence-corrected chi connectivity index (χ2v) is 5.88. The van der Waals surface area contributed by atoms with E-state index in [4.69, 9.17) is 15.2 Å². The summed E-state index contributed by atoms with van der Waals surface area (Å²) < 4.78 is 12.4. The Morgan fingerprint density at radius 3 is 2.33 bits per heavy atom. The summed E-state index contributed by atoms with van der Waals surface area (Å²) in [7, 11) is 0. The zero-order valence-electron chi connectivity index (χ0n) is 12.3. The normalized spacial score (nSPS) is 12.0. The molecule has 2 aromatic carbocycles. The van der Waals surface area contributed by atoms with Gasteiger partial charge in [-0.25, -0.2) is 0 Å². The van der Waals surface area contributed by atoms with E-state index in [9.17, 15) is 0 Å². The topological polar surface area (TPSA) is 44.5 Å². The Balaban J connectivity index is 1.82. The molecule has 1 unspecified atom stereocenters. The summed E-state index contributed by atoms with van der Waals surface area (Å²) in [5.41, 5.74) is 8.07. The lowest BCUT2D eigenvalue weighted by Crippen LogP contribution is -2.10. The Labute approximate surface area is 134 Å². The van der Waals surface area contributed by atoms with Crippen LogP contribution >= 0.6 is 15.9 Å². The molecule has 0 fully saturated rings. The molecule has 0 saturated heterocycles. The van der Waals surface area contributed by atoms with Crippen molar-refractivity contribution in [2.24, 2.45) is 5.73 Å². The van der Waals surface area contributed by atoms with Crippen LogP contribution in [0.3, 0.4) is 0 Å². The summed E-state index contributed by atoms with van der Waals surface area (Å²) in [6.45, 7) is 5.02. The van der Waals surface area contributed by atoms with Gasteiger partial charge in [0.25, 0.3) is 0 Å². The van der Waals surface area contributed by atoms with E-state index >= 15 is 0 Å². The van der Waals surface area contributed by atoms with Crippen molar-refractivity contribution in [1.82, 2.24) is 0 Å². The average Bonchev–Trinajstić information content (AvgIpc) is 2.46. The van der Waals surface area contributed by atoms with E-state index in [2.05, 4.69) is 22.0 Å². The third-order valence-corrected chi connectivity index (χ3v) is 3.68. The molecule has 2 rings (SSSR count). The van der Waals surface area contributed by atoms with Crippen molar-refractivity contribution in [3.8, 4) is 11.5 Å². The molecule has 4 heteroatoms. The Morgan fingerprint density at radius 2 is 1.71 bits per heavy atom. The fraction of sp³-hybridized carbons (Fsp3) is 0.294. The highest BCUT2D eigenvalue weighted by atomic mass is 79.9. The molecule has 0 heterocycles. The van der Waals surface area contributed by atoms with E-state index in [0.29, 0.717) is 13.2 Å². The van der Waals surface area contributed by atoms with Gasteiger partial charge >= 0.3 is 0 Å². The molecule has 0 bridgehead atoms. The maximum Gasteiger partial charge on any atom is 0.122 e. The monoisotopic (exact) mass is 349 g/mol. The molecular formula is C17H20BrNO2. The van der Waals surface area contributed by atoms with Gasteiger partial charge in [-0.3, -0.25) is 0 Å². The molecule has 1 atom stereocenters. The number of nitrogens with two attached hydrogens (primary N) is 1. The molecule has 0 aliphatic rings. The minimum Gasteiger partial charge on any atom is -0.490 e. The molecule has 2 aromatic rings. The number of halogens is 1. The minimum atomic E-state index is 0.0403. The lowest BCUT2D eigenvalue weighted by atomic mass is 10.1. The van der Waals surface area contributed by atoms with Gasteiger partial charge in [-0.1, -0.05) is 28.1 Å². The van der Waals surface area contributed by atoms with Gasteiger partial charge in [0, 0.05) is 10.5 Å². The summed E-state index contributed by atoms with van der Waals surface area (Å²) in [5, 5.41) is 0. The SMILES string of the molecule is Cc1cc(C(C)N)ccc1OCCOc1ccc(Br)cc1. The molecule has 0 spiro atoms. The zero-order valence-corrected chi connectivity index (χ0v) is 13.9. The first-order chi connectivity index (χ1) is 10.1. The maximum atomic E-state index is 5.87. The highest BCUT2D eigenvalue weighted by molar-refractivity contribution is 9.10. The van der Waals surface area contributed by atoms with Crippen molar-refractivity contribution in [1.29, 1.82) is 0 Å². The molecule has 0 aliphatic heterocycles. The van der Waals surface area contributed by atoms with E-state index in [0.717, 1.165) is 27.1 Å². The number of rotatable bonds is 6. The van der Waals surface area contributed by atoms with Crippen molar-refractivity contribution in [3.05, 3.63) is 58.1 Å². The van der Waals surface area contributed by atoms with Crippen LogP contribution in [0.4, 0.5) is 0 Å². The van der Waals surface area contributed by atoms with Gasteiger partial charge in [-0.15, -0.1) is 0 Å². The fourth-order valence-corrected chi connectivity index (χ4v) is 2.22. The van der Waals surface area contributed by atoms with Crippen LogP contribution in [-0.4, -0.2) is 13.2 Å². The summed E-state index contributed by atoms with van der Waals surface area (Å²) in [6, 6.07) is 13.8. The van der Waals surface area contributed by atoms with Crippen LogP contribution in [0.25, 0.3) is 0 Å². The largest absolute Gasteiger partial charge is 0.490 e. The van der Waals surface area contributed by atoms with Gasteiger partial charge < -0.3 is 15.2 Å². The molecule has 0 radical (unpaired) electrons. The third-order valence-electron chi connectivity index (χ3n) is 3.15. The Bertz CT molecular complexity index is 582. The van der Waals surface area contributed by atoms with Gasteiger partial charge in [0.15, 0.2) is 0 Å². The summed E-state index contributed by atoms with van der Waals surface area (Å²) >= 11 is 3.39. The molecule has 3 nitrogen and oxygen atoms in total. The highest BCUT2D eigenvalue weighted by Crippen LogP contribution is 2.22. The van der Waals surface area contributed by atoms with Crippen molar-refractivity contribution >= 4 is 15.9 Å². The number of hydrogen-bond acceptors (Lipinski definition) is 3. The van der Waals surface area contributed by atoms with E-state index in [1.807, 2.05) is 50.2 Å². The molecule has 21 heavy (non-hydrogen) atoms. The molecule has 0 aliphatic carbocycles. The summed E-state index contributed by atoms with van der Waals surface area (Å²) in [6.07, 6.45) is 0. The Kier molecular flexibility index (Phi) is 5.65. The van der Waals surface area contributed by atoms with Crippen LogP contribution in [0.1, 0.15) is 24.1 Å². The highest BCUT2D eigenvalue weighted by Gasteiger charge is 2.04. The number of aryl methyl sites for hydroxylation is 1. The molecule has 112 valence electrons. The number of ether oxygens (including phenoxy) is 2. The zero-order chi connectivity index (χ0) is 15.2. The predicted molar refractivity (Wildman–Crippen MR) is 88.9 cm³/mol. The van der Waals surface area contributed by atoms with Gasteiger partial charge in [0.05, 0.1) is 0 Å². The number of hydrogen-bond donors (Lipinski definition) is 1. The van der Waals surface area contributed by atoms with E-state index < -0.39 is 0 Å². The predicted octanol–water partition coefficient (Wildman–Crippen LogP) is 4.24. The second-order valence-electron chi connectivity index (χ2n) is 4.96. The first-order valence-electron chi connectivity index (χ1n) is 6.93. The van der Waals surface area contributed by atoms with Crippen LogP contribution in [0, 0.1) is 6.92 Å². The van der Waals surface area contributed by atoms with Crippen molar-refractivity contribution in [2.75, 3.05) is 13.2 Å². The molecule has 0 amide bonds. The molecule has 0 saturated carbocycles. The molecule has 2 N–H and O–H groups in total. The van der Waals surface area contributed by atoms with Gasteiger partial charge in [0.1, 0.15) is 24.7 Å². The Morgan fingerprint density at radius 1 is 1.05 bits per heavy atom. The molecular weight excluding hydrogens is 330 g/mol. The second kappa shape index (κ2) is 7.48. The summed E-state index contributed by atoms with van der Waals surface area (Å²) in [4.78, 5) is 0. The quantitative estimate of drug-likeness (QED) is 0.793. The van der Waals surface area contributed by atoms with Gasteiger partial charge in [-0.2, -0.15) is 0 Å². The standard InChI is InChI=1S/C17H20BrNO2/c1-12-11-14(13(2)19)3-8-17(12)21-10-9-20-16-6-4-15(18)5-7-16/h3-8,11,13H,9-10,19H2,1-2H3. The fourth-order valence-electron chi connectivity index (χ4n) is 1.96. The molecule has 0 aromatic heterocycles. The van der Waals surface area contributed by atoms with Crippen LogP contribution < -0.4 is 15.2 Å². The van der Waals surface area contributed by atoms with Crippen LogP contribution in [0.5, 0.6) is 11.5 Å². The lowest BCUT2D eigenvalue weighted by molar-refractivity contribution is 0.216. The van der Waals surface area contributed by atoms with Gasteiger partial charge in [0.2, 0.25) is 0 Å². The average molecular weight is 350 g/mol. The maximum absolute atomic E-state index is 5.87. The first kappa shape index (κ1) is 15.9. The van der Waals surface area contributed by atoms with E-state index in [1.165, 1.54) is 0 Å². The lowest BCUT2D eigenvalue weighted by Gasteiger charge is -2.13. The van der Waals surface area contributed by atoms with Crippen molar-refractivity contribution in [2.45, 2.75) is 19.9 Å². The van der Waals surface area contributed by atoms with Crippen LogP contribution in [0.2, 0.25) is 0 Å². The first-order valence-corrected chi connectivity index (χ1v) is 7.73. The van der Waals surface area contributed by atoms with Crippen molar-refractivity contribution < 1.29 is 9.47 Å². The third kappa shape index (κ3) is 4.76. The Hall–Kier alpha value is -1.52. The summed E-state index contributed by atoms with van der Waals surface area (Å²) in [5.74, 6) is 1.71.